The molecule has 0 fully saturated rings. The average Bonchev–Trinajstić information content (AvgIpc) is 2.34. The molecule has 18 heavy (non-hydrogen) atoms. The normalized spacial score (nSPS) is 10.1. The van der Waals surface area contributed by atoms with Crippen LogP contribution in [-0.4, -0.2) is 16.1 Å². The number of carboxylic acid groups (broad SMARTS) is 1. The summed E-state index contributed by atoms with van der Waals surface area (Å²) in [5.74, 6) is -0.738. The second-order valence-electron chi connectivity index (χ2n) is 3.46. The van der Waals surface area contributed by atoms with Crippen molar-refractivity contribution >= 4 is 45.0 Å². The summed E-state index contributed by atoms with van der Waals surface area (Å²) in [7, 11) is 0. The monoisotopic (exact) mass is 326 g/mol. The van der Waals surface area contributed by atoms with Gasteiger partial charge in [0.2, 0.25) is 0 Å². The Kier molecular flexibility index (Phi) is 3.84. The van der Waals surface area contributed by atoms with Crippen LogP contribution in [0.15, 0.2) is 41.0 Å². The molecule has 0 unspecified atom stereocenters. The number of hydrogen-bond acceptors (Lipinski definition) is 3. The summed E-state index contributed by atoms with van der Waals surface area (Å²) in [5.41, 5.74) is 0.816. The number of pyridine rings is 1. The van der Waals surface area contributed by atoms with Gasteiger partial charge >= 0.3 is 5.97 Å². The number of nitrogens with one attached hydrogen (secondary N) is 1. The van der Waals surface area contributed by atoms with Gasteiger partial charge in [0.05, 0.1) is 5.02 Å². The Labute approximate surface area is 117 Å². The zero-order valence-electron chi connectivity index (χ0n) is 9.02. The molecule has 0 amide bonds. The van der Waals surface area contributed by atoms with Crippen molar-refractivity contribution in [1.82, 2.24) is 4.98 Å². The van der Waals surface area contributed by atoms with Gasteiger partial charge in [-0.15, -0.1) is 0 Å². The molecule has 0 saturated carbocycles. The van der Waals surface area contributed by atoms with Gasteiger partial charge < -0.3 is 10.4 Å². The highest BCUT2D eigenvalue weighted by atomic mass is 79.9. The summed E-state index contributed by atoms with van der Waals surface area (Å²) in [6.07, 6.45) is 1.53. The molecule has 0 saturated heterocycles. The quantitative estimate of drug-likeness (QED) is 0.896. The highest BCUT2D eigenvalue weighted by Crippen LogP contribution is 2.27. The number of hydrogen-bond donors (Lipinski definition) is 2. The summed E-state index contributed by atoms with van der Waals surface area (Å²) in [5, 5.41) is 12.6. The number of rotatable bonds is 3. The van der Waals surface area contributed by atoms with Crippen LogP contribution >= 0.6 is 27.5 Å². The molecule has 2 aromatic rings. The second kappa shape index (κ2) is 5.37. The maximum atomic E-state index is 11.0. The van der Waals surface area contributed by atoms with Crippen LogP contribution in [0.3, 0.4) is 0 Å². The summed E-state index contributed by atoms with van der Waals surface area (Å²) < 4.78 is 0.724. The zero-order valence-corrected chi connectivity index (χ0v) is 11.4. The summed E-state index contributed by atoms with van der Waals surface area (Å²) in [6.45, 7) is 0. The highest BCUT2D eigenvalue weighted by Gasteiger charge is 2.10. The highest BCUT2D eigenvalue weighted by molar-refractivity contribution is 9.10. The van der Waals surface area contributed by atoms with Crippen LogP contribution < -0.4 is 5.32 Å². The number of aromatic carboxylic acids is 1. The van der Waals surface area contributed by atoms with Gasteiger partial charge in [0.15, 0.2) is 0 Å². The van der Waals surface area contributed by atoms with E-state index >= 15 is 0 Å². The van der Waals surface area contributed by atoms with Crippen molar-refractivity contribution in [3.8, 4) is 0 Å². The number of nitrogens with zero attached hydrogens (tertiary/aromatic N) is 1. The summed E-state index contributed by atoms with van der Waals surface area (Å²) >= 11 is 9.18. The molecular weight excluding hydrogens is 320 g/mol. The van der Waals surface area contributed by atoms with Crippen LogP contribution in [0.25, 0.3) is 0 Å². The van der Waals surface area contributed by atoms with E-state index in [9.17, 15) is 4.79 Å². The van der Waals surface area contributed by atoms with Crippen molar-refractivity contribution in [1.29, 1.82) is 0 Å². The standard InChI is InChI=1S/C12H8BrClN2O2/c13-9-6-7(3-4-10(9)14)16-11-8(12(17)18)2-1-5-15-11/h1-6H,(H,15,16)(H,17,18). The second-order valence-corrected chi connectivity index (χ2v) is 4.72. The molecule has 0 aliphatic heterocycles. The molecule has 1 heterocycles. The molecule has 0 aliphatic rings. The Hall–Kier alpha value is -1.59. The number of anilines is 2. The lowest BCUT2D eigenvalue weighted by atomic mass is 10.2. The zero-order chi connectivity index (χ0) is 13.1. The Morgan fingerprint density at radius 2 is 2.17 bits per heavy atom. The molecule has 0 spiro atoms. The molecule has 0 atom stereocenters. The van der Waals surface area contributed by atoms with Crippen LogP contribution in [0.4, 0.5) is 11.5 Å². The number of carboxylic acids is 1. The van der Waals surface area contributed by atoms with Crippen molar-refractivity contribution in [3.05, 3.63) is 51.6 Å². The average molecular weight is 328 g/mol. The van der Waals surface area contributed by atoms with Gasteiger partial charge in [-0.1, -0.05) is 11.6 Å². The first kappa shape index (κ1) is 12.9. The lowest BCUT2D eigenvalue weighted by Gasteiger charge is -2.08. The van der Waals surface area contributed by atoms with E-state index in [1.54, 1.807) is 24.3 Å². The predicted molar refractivity (Wildman–Crippen MR) is 73.6 cm³/mol. The van der Waals surface area contributed by atoms with Gasteiger partial charge in [-0.2, -0.15) is 0 Å². The van der Waals surface area contributed by atoms with E-state index in [0.29, 0.717) is 16.5 Å². The largest absolute Gasteiger partial charge is 0.478 e. The molecule has 0 aliphatic carbocycles. The van der Waals surface area contributed by atoms with Crippen molar-refractivity contribution in [2.45, 2.75) is 0 Å². The van der Waals surface area contributed by atoms with Gasteiger partial charge in [-0.3, -0.25) is 0 Å². The first-order chi connectivity index (χ1) is 8.58. The van der Waals surface area contributed by atoms with Gasteiger partial charge in [0.1, 0.15) is 11.4 Å². The lowest BCUT2D eigenvalue weighted by Crippen LogP contribution is -2.04. The minimum Gasteiger partial charge on any atom is -0.478 e. The molecule has 2 rings (SSSR count). The summed E-state index contributed by atoms with van der Waals surface area (Å²) in [4.78, 5) is 15.0. The molecule has 4 nitrogen and oxygen atoms in total. The molecule has 92 valence electrons. The fourth-order valence-corrected chi connectivity index (χ4v) is 1.88. The lowest BCUT2D eigenvalue weighted by molar-refractivity contribution is 0.0697. The molecule has 1 aromatic heterocycles. The van der Waals surface area contributed by atoms with Crippen molar-refractivity contribution in [2.75, 3.05) is 5.32 Å². The molecule has 2 N–H and O–H groups in total. The van der Waals surface area contributed by atoms with Gasteiger partial charge in [-0.05, 0) is 46.3 Å². The molecule has 0 radical (unpaired) electrons. The molecule has 6 heteroatoms. The van der Waals surface area contributed by atoms with Crippen LogP contribution in [0.2, 0.25) is 5.02 Å². The van der Waals surface area contributed by atoms with E-state index in [4.69, 9.17) is 16.7 Å². The third-order valence-corrected chi connectivity index (χ3v) is 3.43. The topological polar surface area (TPSA) is 62.2 Å². The number of halogens is 2. The molecule has 1 aromatic carbocycles. The van der Waals surface area contributed by atoms with Gasteiger partial charge in [0.25, 0.3) is 0 Å². The van der Waals surface area contributed by atoms with E-state index in [1.165, 1.54) is 12.3 Å². The first-order valence-corrected chi connectivity index (χ1v) is 6.15. The van der Waals surface area contributed by atoms with Gasteiger partial charge in [0, 0.05) is 16.4 Å². The Balaban J connectivity index is 2.34. The predicted octanol–water partition coefficient (Wildman–Crippen LogP) is 3.94. The van der Waals surface area contributed by atoms with Crippen LogP contribution in [0.5, 0.6) is 0 Å². The van der Waals surface area contributed by atoms with Crippen LogP contribution in [-0.2, 0) is 0 Å². The minimum absolute atomic E-state index is 0.114. The van der Waals surface area contributed by atoms with E-state index in [-0.39, 0.29) is 5.56 Å². The van der Waals surface area contributed by atoms with Crippen molar-refractivity contribution in [2.24, 2.45) is 0 Å². The Bertz CT molecular complexity index is 604. The number of carbonyl (C=O) groups is 1. The fraction of sp³-hybridized carbons (Fsp3) is 0. The van der Waals surface area contributed by atoms with Crippen molar-refractivity contribution < 1.29 is 9.90 Å². The third-order valence-electron chi connectivity index (χ3n) is 2.22. The SMILES string of the molecule is O=C(O)c1cccnc1Nc1ccc(Cl)c(Br)c1. The van der Waals surface area contributed by atoms with E-state index in [0.717, 1.165) is 4.47 Å². The van der Waals surface area contributed by atoms with Gasteiger partial charge in [-0.25, -0.2) is 9.78 Å². The number of aromatic nitrogens is 1. The third kappa shape index (κ3) is 2.80. The van der Waals surface area contributed by atoms with E-state index in [1.807, 2.05) is 0 Å². The minimum atomic E-state index is -1.03. The smallest absolute Gasteiger partial charge is 0.339 e. The Morgan fingerprint density at radius 1 is 1.39 bits per heavy atom. The molecule has 0 bridgehead atoms. The van der Waals surface area contributed by atoms with E-state index in [2.05, 4.69) is 26.2 Å². The van der Waals surface area contributed by atoms with Crippen molar-refractivity contribution in [3.63, 3.8) is 0 Å². The maximum Gasteiger partial charge on any atom is 0.339 e. The first-order valence-electron chi connectivity index (χ1n) is 4.98. The Morgan fingerprint density at radius 3 is 2.83 bits per heavy atom. The maximum absolute atomic E-state index is 11.0. The van der Waals surface area contributed by atoms with E-state index < -0.39 is 5.97 Å². The van der Waals surface area contributed by atoms with Crippen LogP contribution in [0, 0.1) is 0 Å². The molecular formula is C12H8BrClN2O2. The summed E-state index contributed by atoms with van der Waals surface area (Å²) in [6, 6.07) is 8.27. The van der Waals surface area contributed by atoms with Crippen LogP contribution in [0.1, 0.15) is 10.4 Å². The number of benzene rings is 1. The fourth-order valence-electron chi connectivity index (χ4n) is 1.39.